The largest absolute Gasteiger partial charge is 0.462 e. The predicted molar refractivity (Wildman–Crippen MR) is 107 cm³/mol. The van der Waals surface area contributed by atoms with Crippen molar-refractivity contribution in [3.05, 3.63) is 45.6 Å². The number of anilines is 1. The maximum atomic E-state index is 12.7. The standard InChI is InChI=1S/C19H27N5O4/c1-7-28-18(25)16-15(12-22(5)6)23(21-17(16)20-19(2,3)4)13-8-10-14(11-9-13)24(26)27/h8-11H,7,12H2,1-6H3,(H,20,21). The van der Waals surface area contributed by atoms with Crippen LogP contribution < -0.4 is 5.32 Å². The first-order valence-electron chi connectivity index (χ1n) is 9.00. The minimum Gasteiger partial charge on any atom is -0.462 e. The Hall–Kier alpha value is -2.94. The number of nitrogens with zero attached hydrogens (tertiary/aromatic N) is 4. The minimum atomic E-state index is -0.459. The molecule has 0 unspecified atom stereocenters. The zero-order chi connectivity index (χ0) is 21.1. The molecule has 2 rings (SSSR count). The Morgan fingerprint density at radius 2 is 1.89 bits per heavy atom. The van der Waals surface area contributed by atoms with E-state index < -0.39 is 10.9 Å². The van der Waals surface area contributed by atoms with Crippen molar-refractivity contribution in [1.82, 2.24) is 14.7 Å². The van der Waals surface area contributed by atoms with Gasteiger partial charge in [0.05, 0.1) is 22.9 Å². The van der Waals surface area contributed by atoms with Gasteiger partial charge >= 0.3 is 5.97 Å². The molecule has 9 heteroatoms. The molecule has 0 aliphatic carbocycles. The quantitative estimate of drug-likeness (QED) is 0.440. The lowest BCUT2D eigenvalue weighted by Gasteiger charge is -2.21. The average Bonchev–Trinajstić information content (AvgIpc) is 2.90. The number of rotatable bonds is 7. The van der Waals surface area contributed by atoms with E-state index >= 15 is 0 Å². The summed E-state index contributed by atoms with van der Waals surface area (Å²) in [6, 6.07) is 6.05. The van der Waals surface area contributed by atoms with Gasteiger partial charge in [-0.1, -0.05) is 0 Å². The lowest BCUT2D eigenvalue weighted by Crippen LogP contribution is -2.27. The zero-order valence-corrected chi connectivity index (χ0v) is 17.1. The molecule has 0 saturated carbocycles. The van der Waals surface area contributed by atoms with Gasteiger partial charge in [0.25, 0.3) is 5.69 Å². The first-order valence-corrected chi connectivity index (χ1v) is 9.00. The van der Waals surface area contributed by atoms with Gasteiger partial charge in [0, 0.05) is 24.2 Å². The molecule has 0 bridgehead atoms. The molecule has 1 aromatic carbocycles. The lowest BCUT2D eigenvalue weighted by atomic mass is 10.1. The van der Waals surface area contributed by atoms with E-state index in [0.717, 1.165) is 0 Å². The van der Waals surface area contributed by atoms with Crippen LogP contribution >= 0.6 is 0 Å². The van der Waals surface area contributed by atoms with Crippen molar-refractivity contribution in [2.75, 3.05) is 26.0 Å². The fraction of sp³-hybridized carbons (Fsp3) is 0.474. The molecule has 0 atom stereocenters. The molecular weight excluding hydrogens is 362 g/mol. The number of hydrogen-bond acceptors (Lipinski definition) is 7. The number of carbonyl (C=O) groups is 1. The van der Waals surface area contributed by atoms with Crippen LogP contribution in [0.3, 0.4) is 0 Å². The van der Waals surface area contributed by atoms with Crippen LogP contribution in [0.4, 0.5) is 11.5 Å². The summed E-state index contributed by atoms with van der Waals surface area (Å²) in [6.45, 7) is 8.35. The van der Waals surface area contributed by atoms with Crippen LogP contribution in [0.1, 0.15) is 43.7 Å². The third kappa shape index (κ3) is 5.07. The molecule has 1 N–H and O–H groups in total. The molecule has 1 heterocycles. The molecule has 0 spiro atoms. The van der Waals surface area contributed by atoms with Crippen LogP contribution in [0.5, 0.6) is 0 Å². The summed E-state index contributed by atoms with van der Waals surface area (Å²) in [4.78, 5) is 25.1. The predicted octanol–water partition coefficient (Wildman–Crippen LogP) is 3.23. The Morgan fingerprint density at radius 1 is 1.29 bits per heavy atom. The van der Waals surface area contributed by atoms with Crippen LogP contribution in [-0.2, 0) is 11.3 Å². The number of carbonyl (C=O) groups excluding carboxylic acids is 1. The van der Waals surface area contributed by atoms with Crippen LogP contribution in [0.25, 0.3) is 5.69 Å². The van der Waals surface area contributed by atoms with Gasteiger partial charge < -0.3 is 15.0 Å². The van der Waals surface area contributed by atoms with Gasteiger partial charge in [-0.15, -0.1) is 5.10 Å². The van der Waals surface area contributed by atoms with Gasteiger partial charge in [0.2, 0.25) is 0 Å². The second kappa shape index (κ2) is 8.39. The van der Waals surface area contributed by atoms with E-state index in [0.29, 0.717) is 29.3 Å². The number of esters is 1. The van der Waals surface area contributed by atoms with E-state index in [1.165, 1.54) is 12.1 Å². The summed E-state index contributed by atoms with van der Waals surface area (Å²) < 4.78 is 6.89. The topological polar surface area (TPSA) is 103 Å². The summed E-state index contributed by atoms with van der Waals surface area (Å²) >= 11 is 0. The van der Waals surface area contributed by atoms with Crippen molar-refractivity contribution >= 4 is 17.5 Å². The van der Waals surface area contributed by atoms with Crippen LogP contribution in [0.2, 0.25) is 0 Å². The van der Waals surface area contributed by atoms with Gasteiger partial charge in [-0.25, -0.2) is 9.48 Å². The molecule has 0 saturated heterocycles. The minimum absolute atomic E-state index is 0.0104. The maximum absolute atomic E-state index is 12.7. The first-order chi connectivity index (χ1) is 13.0. The van der Waals surface area contributed by atoms with E-state index in [9.17, 15) is 14.9 Å². The second-order valence-electron chi connectivity index (χ2n) is 7.69. The normalized spacial score (nSPS) is 11.5. The summed E-state index contributed by atoms with van der Waals surface area (Å²) in [5.41, 5.74) is 1.29. The zero-order valence-electron chi connectivity index (χ0n) is 17.1. The van der Waals surface area contributed by atoms with Crippen LogP contribution in [0, 0.1) is 10.1 Å². The molecule has 0 radical (unpaired) electrons. The number of hydrogen-bond donors (Lipinski definition) is 1. The number of nitrogens with one attached hydrogen (secondary N) is 1. The highest BCUT2D eigenvalue weighted by molar-refractivity contribution is 5.96. The number of ether oxygens (including phenoxy) is 1. The van der Waals surface area contributed by atoms with Gasteiger partial charge in [-0.3, -0.25) is 10.1 Å². The van der Waals surface area contributed by atoms with Gasteiger partial charge in [-0.2, -0.15) is 0 Å². The number of non-ortho nitro benzene ring substituents is 1. The van der Waals surface area contributed by atoms with E-state index in [2.05, 4.69) is 10.4 Å². The average molecular weight is 389 g/mol. The summed E-state index contributed by atoms with van der Waals surface area (Å²) in [7, 11) is 3.78. The van der Waals surface area contributed by atoms with Gasteiger partial charge in [0.1, 0.15) is 5.56 Å². The fourth-order valence-electron chi connectivity index (χ4n) is 2.69. The summed E-state index contributed by atoms with van der Waals surface area (Å²) in [6.07, 6.45) is 0. The lowest BCUT2D eigenvalue weighted by molar-refractivity contribution is -0.384. The number of nitro benzene ring substituents is 1. The highest BCUT2D eigenvalue weighted by atomic mass is 16.6. The Labute approximate surface area is 164 Å². The number of nitro groups is 1. The number of benzene rings is 1. The maximum Gasteiger partial charge on any atom is 0.343 e. The fourth-order valence-corrected chi connectivity index (χ4v) is 2.69. The molecule has 0 fully saturated rings. The van der Waals surface area contributed by atoms with Gasteiger partial charge in [-0.05, 0) is 53.9 Å². The Balaban J connectivity index is 2.67. The molecule has 2 aromatic rings. The molecule has 0 aliphatic heterocycles. The van der Waals surface area contributed by atoms with Crippen molar-refractivity contribution in [3.8, 4) is 5.69 Å². The molecule has 28 heavy (non-hydrogen) atoms. The van der Waals surface area contributed by atoms with E-state index in [-0.39, 0.29) is 17.8 Å². The van der Waals surface area contributed by atoms with E-state index in [4.69, 9.17) is 4.74 Å². The monoisotopic (exact) mass is 389 g/mol. The van der Waals surface area contributed by atoms with Gasteiger partial charge in [0.15, 0.2) is 5.82 Å². The van der Waals surface area contributed by atoms with Crippen molar-refractivity contribution in [1.29, 1.82) is 0 Å². The smallest absolute Gasteiger partial charge is 0.343 e. The van der Waals surface area contributed by atoms with Crippen LogP contribution in [0.15, 0.2) is 24.3 Å². The molecule has 1 aromatic heterocycles. The Morgan fingerprint density at radius 3 is 2.36 bits per heavy atom. The SMILES string of the molecule is CCOC(=O)c1c(NC(C)(C)C)nn(-c2ccc([N+](=O)[O-])cc2)c1CN(C)C. The van der Waals surface area contributed by atoms with Crippen molar-refractivity contribution in [2.24, 2.45) is 0 Å². The van der Waals surface area contributed by atoms with E-state index in [1.54, 1.807) is 23.7 Å². The third-order valence-corrected chi connectivity index (χ3v) is 3.73. The number of aromatic nitrogens is 2. The molecule has 0 amide bonds. The second-order valence-corrected chi connectivity index (χ2v) is 7.69. The Kier molecular flexibility index (Phi) is 6.40. The molecule has 0 aliphatic rings. The first kappa shape index (κ1) is 21.4. The van der Waals surface area contributed by atoms with Crippen molar-refractivity contribution in [2.45, 2.75) is 39.8 Å². The summed E-state index contributed by atoms with van der Waals surface area (Å²) in [5.74, 6) is -0.0413. The Bertz CT molecular complexity index is 850. The van der Waals surface area contributed by atoms with Crippen molar-refractivity contribution in [3.63, 3.8) is 0 Å². The van der Waals surface area contributed by atoms with Crippen molar-refractivity contribution < 1.29 is 14.5 Å². The molecule has 9 nitrogen and oxygen atoms in total. The molecular formula is C19H27N5O4. The third-order valence-electron chi connectivity index (χ3n) is 3.73. The highest BCUT2D eigenvalue weighted by Crippen LogP contribution is 2.28. The summed E-state index contributed by atoms with van der Waals surface area (Å²) in [5, 5.41) is 18.8. The van der Waals surface area contributed by atoms with Crippen LogP contribution in [-0.4, -0.2) is 51.8 Å². The molecule has 152 valence electrons. The van der Waals surface area contributed by atoms with E-state index in [1.807, 2.05) is 39.8 Å². The highest BCUT2D eigenvalue weighted by Gasteiger charge is 2.28.